The van der Waals surface area contributed by atoms with E-state index >= 15 is 0 Å². The van der Waals surface area contributed by atoms with E-state index in [1.165, 1.54) is 0 Å². The van der Waals surface area contributed by atoms with E-state index in [2.05, 4.69) is 10.6 Å². The number of carboxylic acid groups (broad SMARTS) is 1. The maximum Gasteiger partial charge on any atom is 0.315 e. The van der Waals surface area contributed by atoms with Crippen LogP contribution < -0.4 is 10.6 Å². The Hall–Kier alpha value is -1.52. The normalized spacial score (nSPS) is 13.3. The number of nitrogens with one attached hydrogen (secondary N) is 2. The second-order valence-corrected chi connectivity index (χ2v) is 5.27. The van der Waals surface area contributed by atoms with Crippen LogP contribution in [-0.2, 0) is 4.79 Å². The molecule has 0 aromatic carbocycles. The lowest BCUT2D eigenvalue weighted by molar-refractivity contribution is -0.138. The van der Waals surface area contributed by atoms with Gasteiger partial charge in [-0.25, -0.2) is 4.79 Å². The van der Waals surface area contributed by atoms with E-state index in [-0.39, 0.29) is 17.9 Å². The van der Waals surface area contributed by atoms with E-state index < -0.39 is 12.0 Å². The summed E-state index contributed by atoms with van der Waals surface area (Å²) in [6, 6.07) is -0.711. The summed E-state index contributed by atoms with van der Waals surface area (Å²) >= 11 is 0. The Kier molecular flexibility index (Phi) is 7.08. The Bertz CT molecular complexity index is 306. The van der Waals surface area contributed by atoms with Crippen LogP contribution in [0.25, 0.3) is 0 Å². The molecule has 0 spiro atoms. The van der Waals surface area contributed by atoms with Crippen LogP contribution in [0.2, 0.25) is 0 Å². The van der Waals surface area contributed by atoms with Crippen molar-refractivity contribution in [3.8, 4) is 0 Å². The molecule has 0 radical (unpaired) electrons. The molecule has 18 heavy (non-hydrogen) atoms. The summed E-state index contributed by atoms with van der Waals surface area (Å²) in [6.45, 7) is 8.17. The van der Waals surface area contributed by atoms with Crippen LogP contribution >= 0.6 is 0 Å². The van der Waals surface area contributed by atoms with Gasteiger partial charge in [-0.05, 0) is 18.8 Å². The Morgan fingerprint density at radius 2 is 1.94 bits per heavy atom. The van der Waals surface area contributed by atoms with E-state index in [0.717, 1.165) is 6.42 Å². The number of hydrogen-bond acceptors (Lipinski definition) is 2. The first-order chi connectivity index (χ1) is 8.27. The SMILES string of the molecule is C/C=C/CCNC(=O)NC(CC(=O)O)C(C)(C)C. The number of carboxylic acids is 1. The van der Waals surface area contributed by atoms with Crippen molar-refractivity contribution in [2.24, 2.45) is 5.41 Å². The van der Waals surface area contributed by atoms with E-state index in [1.54, 1.807) is 0 Å². The van der Waals surface area contributed by atoms with E-state index in [9.17, 15) is 9.59 Å². The summed E-state index contributed by atoms with van der Waals surface area (Å²) in [7, 11) is 0. The van der Waals surface area contributed by atoms with Crippen molar-refractivity contribution in [3.63, 3.8) is 0 Å². The number of allylic oxidation sites excluding steroid dienone is 1. The summed E-state index contributed by atoms with van der Waals surface area (Å²) < 4.78 is 0. The van der Waals surface area contributed by atoms with Crippen molar-refractivity contribution in [1.29, 1.82) is 0 Å². The van der Waals surface area contributed by atoms with Gasteiger partial charge in [0, 0.05) is 12.6 Å². The minimum atomic E-state index is -0.913. The third kappa shape index (κ3) is 7.70. The molecule has 0 aliphatic rings. The highest BCUT2D eigenvalue weighted by Gasteiger charge is 2.28. The van der Waals surface area contributed by atoms with Gasteiger partial charge >= 0.3 is 12.0 Å². The number of urea groups is 1. The quantitative estimate of drug-likeness (QED) is 0.503. The van der Waals surface area contributed by atoms with Gasteiger partial charge in [-0.2, -0.15) is 0 Å². The predicted octanol–water partition coefficient (Wildman–Crippen LogP) is 2.14. The van der Waals surface area contributed by atoms with Crippen LogP contribution in [0.15, 0.2) is 12.2 Å². The lowest BCUT2D eigenvalue weighted by Gasteiger charge is -2.30. The zero-order chi connectivity index (χ0) is 14.2. The monoisotopic (exact) mass is 256 g/mol. The Balaban J connectivity index is 4.23. The number of aliphatic carboxylic acids is 1. The average Bonchev–Trinajstić information content (AvgIpc) is 2.21. The standard InChI is InChI=1S/C13H24N2O3/c1-5-6-7-8-14-12(18)15-10(9-11(16)17)13(2,3)4/h5-6,10H,7-9H2,1-4H3,(H,16,17)(H2,14,15,18)/b6-5+. The van der Waals surface area contributed by atoms with E-state index in [0.29, 0.717) is 6.54 Å². The van der Waals surface area contributed by atoms with Crippen LogP contribution in [0, 0.1) is 5.41 Å². The molecule has 0 saturated carbocycles. The molecule has 5 heteroatoms. The fraction of sp³-hybridized carbons (Fsp3) is 0.692. The van der Waals surface area contributed by atoms with Crippen molar-refractivity contribution < 1.29 is 14.7 Å². The van der Waals surface area contributed by atoms with E-state index in [1.807, 2.05) is 39.8 Å². The summed E-state index contributed by atoms with van der Waals surface area (Å²) in [5, 5.41) is 14.2. The maximum absolute atomic E-state index is 11.6. The van der Waals surface area contributed by atoms with Gasteiger partial charge in [-0.3, -0.25) is 4.79 Å². The van der Waals surface area contributed by atoms with E-state index in [4.69, 9.17) is 5.11 Å². The number of hydrogen-bond donors (Lipinski definition) is 3. The second-order valence-electron chi connectivity index (χ2n) is 5.27. The second kappa shape index (κ2) is 7.74. The van der Waals surface area contributed by atoms with Gasteiger partial charge in [-0.15, -0.1) is 0 Å². The molecule has 5 nitrogen and oxygen atoms in total. The first kappa shape index (κ1) is 16.5. The molecule has 0 rings (SSSR count). The topological polar surface area (TPSA) is 78.4 Å². The number of rotatable bonds is 6. The molecular weight excluding hydrogens is 232 g/mol. The first-order valence-electron chi connectivity index (χ1n) is 6.14. The van der Waals surface area contributed by atoms with Gasteiger partial charge in [0.1, 0.15) is 0 Å². The molecule has 2 amide bonds. The molecule has 0 fully saturated rings. The lowest BCUT2D eigenvalue weighted by atomic mass is 9.85. The highest BCUT2D eigenvalue weighted by atomic mass is 16.4. The molecule has 0 saturated heterocycles. The van der Waals surface area contributed by atoms with Crippen molar-refractivity contribution in [3.05, 3.63) is 12.2 Å². The summed E-state index contributed by atoms with van der Waals surface area (Å²) in [5.41, 5.74) is -0.293. The summed E-state index contributed by atoms with van der Waals surface area (Å²) in [5.74, 6) is -0.913. The molecule has 0 heterocycles. The Morgan fingerprint density at radius 1 is 1.33 bits per heavy atom. The van der Waals surface area contributed by atoms with Crippen LogP contribution in [0.1, 0.15) is 40.5 Å². The molecule has 0 aromatic heterocycles. The van der Waals surface area contributed by atoms with Crippen LogP contribution in [0.5, 0.6) is 0 Å². The Labute approximate surface area is 109 Å². The summed E-state index contributed by atoms with van der Waals surface area (Å²) in [4.78, 5) is 22.4. The lowest BCUT2D eigenvalue weighted by Crippen LogP contribution is -2.49. The van der Waals surface area contributed by atoms with Crippen molar-refractivity contribution in [2.45, 2.75) is 46.6 Å². The van der Waals surface area contributed by atoms with Crippen molar-refractivity contribution >= 4 is 12.0 Å². The zero-order valence-electron chi connectivity index (χ0n) is 11.6. The zero-order valence-corrected chi connectivity index (χ0v) is 11.6. The molecule has 0 aliphatic heterocycles. The fourth-order valence-corrected chi connectivity index (χ4v) is 1.39. The molecule has 0 aliphatic carbocycles. The number of amides is 2. The minimum absolute atomic E-state index is 0.0776. The molecule has 0 aromatic rings. The van der Waals surface area contributed by atoms with Gasteiger partial charge in [0.25, 0.3) is 0 Å². The summed E-state index contributed by atoms with van der Waals surface area (Å²) in [6.07, 6.45) is 4.57. The van der Waals surface area contributed by atoms with Gasteiger partial charge < -0.3 is 15.7 Å². The molecule has 1 unspecified atom stereocenters. The van der Waals surface area contributed by atoms with Gasteiger partial charge in [-0.1, -0.05) is 32.9 Å². The molecule has 3 N–H and O–H groups in total. The largest absolute Gasteiger partial charge is 0.481 e. The number of carbonyl (C=O) groups is 2. The highest BCUT2D eigenvalue weighted by Crippen LogP contribution is 2.21. The Morgan fingerprint density at radius 3 is 2.39 bits per heavy atom. The average molecular weight is 256 g/mol. The molecule has 1 atom stereocenters. The fourth-order valence-electron chi connectivity index (χ4n) is 1.39. The highest BCUT2D eigenvalue weighted by molar-refractivity contribution is 5.75. The smallest absolute Gasteiger partial charge is 0.315 e. The van der Waals surface area contributed by atoms with Crippen LogP contribution in [-0.4, -0.2) is 29.7 Å². The number of carbonyl (C=O) groups excluding carboxylic acids is 1. The van der Waals surface area contributed by atoms with Crippen molar-refractivity contribution in [2.75, 3.05) is 6.54 Å². The third-order valence-electron chi connectivity index (χ3n) is 2.56. The van der Waals surface area contributed by atoms with Gasteiger partial charge in [0.15, 0.2) is 0 Å². The van der Waals surface area contributed by atoms with Crippen LogP contribution in [0.3, 0.4) is 0 Å². The third-order valence-corrected chi connectivity index (χ3v) is 2.56. The van der Waals surface area contributed by atoms with Gasteiger partial charge in [0.05, 0.1) is 6.42 Å². The molecule has 104 valence electrons. The predicted molar refractivity (Wildman–Crippen MR) is 71.5 cm³/mol. The first-order valence-corrected chi connectivity index (χ1v) is 6.14. The maximum atomic E-state index is 11.6. The van der Waals surface area contributed by atoms with Gasteiger partial charge in [0.2, 0.25) is 0 Å². The molecule has 0 bridgehead atoms. The van der Waals surface area contributed by atoms with Crippen molar-refractivity contribution in [1.82, 2.24) is 10.6 Å². The minimum Gasteiger partial charge on any atom is -0.481 e. The van der Waals surface area contributed by atoms with Crippen LogP contribution in [0.4, 0.5) is 4.79 Å². The molecular formula is C13H24N2O3.